The molecule has 0 aliphatic heterocycles. The van der Waals surface area contributed by atoms with Crippen molar-refractivity contribution in [3.8, 4) is 22.6 Å². The molecular formula is C25H26O7S. The lowest BCUT2D eigenvalue weighted by molar-refractivity contribution is -0.211. The molecule has 33 heavy (non-hydrogen) atoms. The second-order valence-corrected chi connectivity index (χ2v) is 8.63. The van der Waals surface area contributed by atoms with E-state index in [-0.39, 0.29) is 5.75 Å². The van der Waals surface area contributed by atoms with Crippen LogP contribution in [0.3, 0.4) is 0 Å². The maximum absolute atomic E-state index is 11.8. The number of benzene rings is 3. The van der Waals surface area contributed by atoms with Crippen molar-refractivity contribution in [3.63, 3.8) is 0 Å². The van der Waals surface area contributed by atoms with E-state index < -0.39 is 16.4 Å². The normalized spacial score (nSPS) is 11.2. The van der Waals surface area contributed by atoms with Crippen LogP contribution in [-0.4, -0.2) is 14.4 Å². The van der Waals surface area contributed by atoms with Crippen LogP contribution >= 0.6 is 0 Å². The zero-order valence-corrected chi connectivity index (χ0v) is 19.8. The van der Waals surface area contributed by atoms with E-state index in [1.807, 2.05) is 25.1 Å². The fourth-order valence-corrected chi connectivity index (χ4v) is 4.06. The third kappa shape index (κ3) is 6.57. The van der Waals surface area contributed by atoms with Crippen LogP contribution in [0.15, 0.2) is 60.7 Å². The SMILES string of the molecule is CCc1cc(OCc2cccc(-c3c(C)cccc3C)c2)ccc1OS(=O)(=O)OOC(C)=O. The molecule has 0 saturated carbocycles. The van der Waals surface area contributed by atoms with E-state index in [2.05, 4.69) is 47.3 Å². The van der Waals surface area contributed by atoms with E-state index >= 15 is 0 Å². The molecule has 0 unspecified atom stereocenters. The van der Waals surface area contributed by atoms with E-state index in [1.54, 1.807) is 12.1 Å². The van der Waals surface area contributed by atoms with Gasteiger partial charge in [0.1, 0.15) is 18.1 Å². The Kier molecular flexibility index (Phi) is 7.73. The highest BCUT2D eigenvalue weighted by atomic mass is 32.3. The maximum Gasteiger partial charge on any atom is 0.485 e. The molecule has 3 aromatic carbocycles. The second kappa shape index (κ2) is 10.5. The molecule has 3 aromatic rings. The lowest BCUT2D eigenvalue weighted by Crippen LogP contribution is -2.16. The zero-order valence-electron chi connectivity index (χ0n) is 19.0. The molecular weight excluding hydrogens is 444 g/mol. The summed E-state index contributed by atoms with van der Waals surface area (Å²) in [4.78, 5) is 14.8. The second-order valence-electron chi connectivity index (χ2n) is 7.51. The number of carbonyl (C=O) groups is 1. The van der Waals surface area contributed by atoms with Gasteiger partial charge in [-0.2, -0.15) is 8.42 Å². The average molecular weight is 471 g/mol. The molecule has 0 bridgehead atoms. The number of hydrogen-bond acceptors (Lipinski definition) is 7. The number of aryl methyl sites for hydroxylation is 3. The Balaban J connectivity index is 1.73. The van der Waals surface area contributed by atoms with Gasteiger partial charge < -0.3 is 8.92 Å². The summed E-state index contributed by atoms with van der Waals surface area (Å²) in [6.07, 6.45) is 0.484. The van der Waals surface area contributed by atoms with Gasteiger partial charge in [-0.05, 0) is 82.2 Å². The summed E-state index contributed by atoms with van der Waals surface area (Å²) in [5.41, 5.74) is 6.36. The minimum atomic E-state index is -4.55. The van der Waals surface area contributed by atoms with Gasteiger partial charge in [-0.15, -0.1) is 0 Å². The molecule has 0 amide bonds. The van der Waals surface area contributed by atoms with E-state index in [0.717, 1.165) is 18.1 Å². The van der Waals surface area contributed by atoms with Crippen molar-refractivity contribution in [1.29, 1.82) is 0 Å². The summed E-state index contributed by atoms with van der Waals surface area (Å²) >= 11 is 0. The van der Waals surface area contributed by atoms with Crippen LogP contribution in [-0.2, 0) is 37.4 Å². The lowest BCUT2D eigenvalue weighted by Gasteiger charge is -2.13. The summed E-state index contributed by atoms with van der Waals surface area (Å²) in [5, 5.41) is 0. The van der Waals surface area contributed by atoms with Crippen LogP contribution < -0.4 is 8.92 Å². The zero-order chi connectivity index (χ0) is 24.0. The Bertz CT molecular complexity index is 1230. The first kappa shape index (κ1) is 24.3. The van der Waals surface area contributed by atoms with Crippen LogP contribution in [0.25, 0.3) is 11.1 Å². The summed E-state index contributed by atoms with van der Waals surface area (Å²) in [6, 6.07) is 19.2. The predicted molar refractivity (Wildman–Crippen MR) is 124 cm³/mol. The van der Waals surface area contributed by atoms with Crippen LogP contribution in [0.1, 0.15) is 36.1 Å². The number of ether oxygens (including phenoxy) is 1. The van der Waals surface area contributed by atoms with Gasteiger partial charge in [-0.3, -0.25) is 4.89 Å². The Labute approximate surface area is 194 Å². The van der Waals surface area contributed by atoms with Crippen LogP contribution in [0, 0.1) is 13.8 Å². The molecule has 0 aliphatic rings. The molecule has 0 spiro atoms. The summed E-state index contributed by atoms with van der Waals surface area (Å²) in [7, 11) is -4.55. The van der Waals surface area contributed by atoms with Crippen LogP contribution in [0.2, 0.25) is 0 Å². The highest BCUT2D eigenvalue weighted by Gasteiger charge is 2.19. The molecule has 0 fully saturated rings. The van der Waals surface area contributed by atoms with Gasteiger partial charge in [-0.1, -0.05) is 43.3 Å². The topological polar surface area (TPSA) is 88.1 Å². The summed E-state index contributed by atoms with van der Waals surface area (Å²) < 4.78 is 38.5. The molecule has 0 atom stereocenters. The van der Waals surface area contributed by atoms with Crippen molar-refractivity contribution in [2.24, 2.45) is 0 Å². The van der Waals surface area contributed by atoms with Crippen molar-refractivity contribution in [3.05, 3.63) is 82.9 Å². The largest absolute Gasteiger partial charge is 0.489 e. The average Bonchev–Trinajstić information content (AvgIpc) is 2.77. The number of hydrogen-bond donors (Lipinski definition) is 0. The first-order valence-electron chi connectivity index (χ1n) is 10.4. The monoisotopic (exact) mass is 470 g/mol. The molecule has 174 valence electrons. The first-order chi connectivity index (χ1) is 15.7. The van der Waals surface area contributed by atoms with Crippen molar-refractivity contribution < 1.29 is 31.4 Å². The van der Waals surface area contributed by atoms with Crippen LogP contribution in [0.4, 0.5) is 0 Å². The first-order valence-corrected chi connectivity index (χ1v) is 11.7. The minimum Gasteiger partial charge on any atom is -0.489 e. The van der Waals surface area contributed by atoms with E-state index in [0.29, 0.717) is 24.3 Å². The smallest absolute Gasteiger partial charge is 0.485 e. The van der Waals surface area contributed by atoms with Crippen molar-refractivity contribution in [2.45, 2.75) is 40.7 Å². The Hall–Kier alpha value is -3.36. The van der Waals surface area contributed by atoms with Gasteiger partial charge >= 0.3 is 16.4 Å². The fraction of sp³-hybridized carbons (Fsp3) is 0.240. The van der Waals surface area contributed by atoms with Crippen molar-refractivity contribution in [2.75, 3.05) is 0 Å². The van der Waals surface area contributed by atoms with Crippen LogP contribution in [0.5, 0.6) is 11.5 Å². The summed E-state index contributed by atoms with van der Waals surface area (Å²) in [6.45, 7) is 7.39. The molecule has 0 heterocycles. The quantitative estimate of drug-likeness (QED) is 0.312. The molecule has 7 nitrogen and oxygen atoms in total. The molecule has 0 saturated heterocycles. The minimum absolute atomic E-state index is 0.0639. The maximum atomic E-state index is 11.8. The third-order valence-corrected chi connectivity index (χ3v) is 5.56. The van der Waals surface area contributed by atoms with E-state index in [1.165, 1.54) is 22.8 Å². The van der Waals surface area contributed by atoms with Gasteiger partial charge in [0.05, 0.1) is 0 Å². The highest BCUT2D eigenvalue weighted by molar-refractivity contribution is 7.82. The summed E-state index contributed by atoms with van der Waals surface area (Å²) in [5.74, 6) is -0.285. The molecule has 0 aromatic heterocycles. The molecule has 0 aliphatic carbocycles. The van der Waals surface area contributed by atoms with Crippen molar-refractivity contribution in [1.82, 2.24) is 0 Å². The van der Waals surface area contributed by atoms with Gasteiger partial charge in [0.25, 0.3) is 0 Å². The van der Waals surface area contributed by atoms with Gasteiger partial charge in [0.15, 0.2) is 0 Å². The predicted octanol–water partition coefficient (Wildman–Crippen LogP) is 5.23. The molecule has 3 rings (SSSR count). The van der Waals surface area contributed by atoms with E-state index in [4.69, 9.17) is 8.92 Å². The number of rotatable bonds is 9. The van der Waals surface area contributed by atoms with Crippen molar-refractivity contribution >= 4 is 16.4 Å². The lowest BCUT2D eigenvalue weighted by atomic mass is 9.95. The Morgan fingerprint density at radius 1 is 0.939 bits per heavy atom. The number of carbonyl (C=O) groups excluding carboxylic acids is 1. The van der Waals surface area contributed by atoms with Gasteiger partial charge in [-0.25, -0.2) is 4.79 Å². The molecule has 0 radical (unpaired) electrons. The van der Waals surface area contributed by atoms with Gasteiger partial charge in [0, 0.05) is 6.92 Å². The Morgan fingerprint density at radius 2 is 1.64 bits per heavy atom. The Morgan fingerprint density at radius 3 is 2.30 bits per heavy atom. The molecule has 8 heteroatoms. The van der Waals surface area contributed by atoms with E-state index in [9.17, 15) is 13.2 Å². The molecule has 0 N–H and O–H groups in total. The third-order valence-electron chi connectivity index (χ3n) is 4.94. The highest BCUT2D eigenvalue weighted by Crippen LogP contribution is 2.29. The van der Waals surface area contributed by atoms with Gasteiger partial charge in [0.2, 0.25) is 0 Å². The fourth-order valence-electron chi connectivity index (χ4n) is 3.47. The standard InChI is InChI=1S/C25H26O7S/c1-5-21-15-23(12-13-24(21)31-33(27,28)32-30-19(4)26)29-16-20-10-7-11-22(14-20)25-17(2)8-6-9-18(25)3/h6-15H,5,16H2,1-4H3.